The fourth-order valence-corrected chi connectivity index (χ4v) is 2.40. The van der Waals surface area contributed by atoms with Crippen LogP contribution in [0.4, 0.5) is 0 Å². The first kappa shape index (κ1) is 14.1. The van der Waals surface area contributed by atoms with Crippen molar-refractivity contribution in [3.8, 4) is 5.75 Å². The average Bonchev–Trinajstić information content (AvgIpc) is 2.87. The van der Waals surface area contributed by atoms with Crippen LogP contribution in [0.2, 0.25) is 0 Å². The molecule has 1 heterocycles. The molecule has 0 saturated carbocycles. The molecule has 3 nitrogen and oxygen atoms in total. The summed E-state index contributed by atoms with van der Waals surface area (Å²) in [7, 11) is 0. The molecule has 0 aliphatic carbocycles. The molecule has 0 N–H and O–H groups in total. The second-order valence-electron chi connectivity index (χ2n) is 5.18. The van der Waals surface area contributed by atoms with Gasteiger partial charge in [-0.25, -0.2) is 0 Å². The maximum absolute atomic E-state index is 11.5. The van der Waals surface area contributed by atoms with Gasteiger partial charge in [0.1, 0.15) is 5.75 Å². The van der Waals surface area contributed by atoms with Crippen LogP contribution >= 0.6 is 0 Å². The topological polar surface area (TPSA) is 35.5 Å². The summed E-state index contributed by atoms with van der Waals surface area (Å²) >= 11 is 0. The predicted octanol–water partition coefficient (Wildman–Crippen LogP) is 3.54. The van der Waals surface area contributed by atoms with Crippen LogP contribution < -0.4 is 4.74 Å². The molecule has 0 aromatic heterocycles. The lowest BCUT2D eigenvalue weighted by molar-refractivity contribution is 0.0971. The first-order valence-electron chi connectivity index (χ1n) is 7.03. The Balaban J connectivity index is 1.84. The van der Waals surface area contributed by atoms with E-state index in [2.05, 4.69) is 0 Å². The SMILES string of the molecule is CC(=O)c1ccc(C)cc1OCCCC1CCCO1. The molecule has 1 aliphatic rings. The van der Waals surface area contributed by atoms with Crippen molar-refractivity contribution in [1.29, 1.82) is 0 Å². The van der Waals surface area contributed by atoms with E-state index in [1.54, 1.807) is 6.92 Å². The van der Waals surface area contributed by atoms with Gasteiger partial charge in [0.05, 0.1) is 18.3 Å². The molecule has 1 saturated heterocycles. The number of aryl methyl sites for hydroxylation is 1. The van der Waals surface area contributed by atoms with Gasteiger partial charge in [-0.05, 0) is 57.2 Å². The number of rotatable bonds is 6. The zero-order valence-electron chi connectivity index (χ0n) is 11.8. The van der Waals surface area contributed by atoms with E-state index >= 15 is 0 Å². The molecule has 1 unspecified atom stereocenters. The third-order valence-electron chi connectivity index (χ3n) is 3.47. The van der Waals surface area contributed by atoms with Gasteiger partial charge in [0, 0.05) is 6.61 Å². The highest BCUT2D eigenvalue weighted by molar-refractivity contribution is 5.96. The van der Waals surface area contributed by atoms with Crippen LogP contribution in [-0.2, 0) is 4.74 Å². The molecule has 104 valence electrons. The summed E-state index contributed by atoms with van der Waals surface area (Å²) in [5.74, 6) is 0.758. The van der Waals surface area contributed by atoms with Crippen molar-refractivity contribution in [2.24, 2.45) is 0 Å². The molecule has 3 heteroatoms. The van der Waals surface area contributed by atoms with Gasteiger partial charge in [0.2, 0.25) is 0 Å². The first-order valence-corrected chi connectivity index (χ1v) is 7.03. The smallest absolute Gasteiger partial charge is 0.163 e. The molecular formula is C16H22O3. The summed E-state index contributed by atoms with van der Waals surface area (Å²) in [6, 6.07) is 5.71. The Hall–Kier alpha value is -1.35. The standard InChI is InChI=1S/C16H22O3/c1-12-7-8-15(13(2)17)16(11-12)19-10-4-6-14-5-3-9-18-14/h7-8,11,14H,3-6,9-10H2,1-2H3. The third-order valence-corrected chi connectivity index (χ3v) is 3.47. The first-order chi connectivity index (χ1) is 9.16. The van der Waals surface area contributed by atoms with E-state index in [0.29, 0.717) is 24.0 Å². The molecule has 0 radical (unpaired) electrons. The van der Waals surface area contributed by atoms with Gasteiger partial charge in [-0.1, -0.05) is 6.07 Å². The summed E-state index contributed by atoms with van der Waals surface area (Å²) in [6.07, 6.45) is 4.77. The number of carbonyl (C=O) groups excluding carboxylic acids is 1. The largest absolute Gasteiger partial charge is 0.493 e. The van der Waals surface area contributed by atoms with Gasteiger partial charge < -0.3 is 9.47 Å². The minimum absolute atomic E-state index is 0.0501. The summed E-state index contributed by atoms with van der Waals surface area (Å²) in [6.45, 7) is 5.12. The number of hydrogen-bond acceptors (Lipinski definition) is 3. The number of carbonyl (C=O) groups is 1. The van der Waals surface area contributed by atoms with Crippen LogP contribution in [0.15, 0.2) is 18.2 Å². The molecule has 1 aromatic rings. The highest BCUT2D eigenvalue weighted by atomic mass is 16.5. The average molecular weight is 262 g/mol. The molecule has 19 heavy (non-hydrogen) atoms. The van der Waals surface area contributed by atoms with Crippen LogP contribution in [0, 0.1) is 6.92 Å². The summed E-state index contributed by atoms with van der Waals surface area (Å²) in [5, 5.41) is 0. The van der Waals surface area contributed by atoms with Gasteiger partial charge in [-0.3, -0.25) is 4.79 Å². The Labute approximate surface area is 114 Å². The minimum atomic E-state index is 0.0501. The molecule has 1 fully saturated rings. The summed E-state index contributed by atoms with van der Waals surface area (Å²) in [4.78, 5) is 11.5. The van der Waals surface area contributed by atoms with E-state index in [-0.39, 0.29) is 5.78 Å². The van der Waals surface area contributed by atoms with E-state index in [1.807, 2.05) is 25.1 Å². The molecule has 1 aliphatic heterocycles. The highest BCUT2D eigenvalue weighted by Crippen LogP contribution is 2.22. The van der Waals surface area contributed by atoms with E-state index in [1.165, 1.54) is 12.8 Å². The van der Waals surface area contributed by atoms with Gasteiger partial charge in [0.25, 0.3) is 0 Å². The van der Waals surface area contributed by atoms with Crippen molar-refractivity contribution in [3.05, 3.63) is 29.3 Å². The van der Waals surface area contributed by atoms with Crippen molar-refractivity contribution in [1.82, 2.24) is 0 Å². The Bertz CT molecular complexity index is 434. The molecule has 0 amide bonds. The lowest BCUT2D eigenvalue weighted by Gasteiger charge is -2.12. The number of Topliss-reactive ketones (excluding diaryl/α,β-unsaturated/α-hetero) is 1. The molecular weight excluding hydrogens is 240 g/mol. The van der Waals surface area contributed by atoms with Crippen LogP contribution in [0.25, 0.3) is 0 Å². The predicted molar refractivity (Wildman–Crippen MR) is 74.9 cm³/mol. The molecule has 1 atom stereocenters. The van der Waals surface area contributed by atoms with Gasteiger partial charge >= 0.3 is 0 Å². The quantitative estimate of drug-likeness (QED) is 0.581. The normalized spacial score (nSPS) is 18.5. The van der Waals surface area contributed by atoms with Crippen molar-refractivity contribution >= 4 is 5.78 Å². The Morgan fingerprint density at radius 2 is 2.32 bits per heavy atom. The maximum atomic E-state index is 11.5. The Morgan fingerprint density at radius 3 is 3.00 bits per heavy atom. The fraction of sp³-hybridized carbons (Fsp3) is 0.562. The zero-order chi connectivity index (χ0) is 13.7. The number of benzene rings is 1. The van der Waals surface area contributed by atoms with Crippen molar-refractivity contribution in [3.63, 3.8) is 0 Å². The van der Waals surface area contributed by atoms with Gasteiger partial charge in [0.15, 0.2) is 5.78 Å². The lowest BCUT2D eigenvalue weighted by atomic mass is 10.1. The Kier molecular flexibility index (Phi) is 4.97. The zero-order valence-corrected chi connectivity index (χ0v) is 11.8. The monoisotopic (exact) mass is 262 g/mol. The van der Waals surface area contributed by atoms with Crippen LogP contribution in [0.5, 0.6) is 5.75 Å². The molecule has 0 bridgehead atoms. The fourth-order valence-electron chi connectivity index (χ4n) is 2.40. The maximum Gasteiger partial charge on any atom is 0.163 e. The number of hydrogen-bond donors (Lipinski definition) is 0. The highest BCUT2D eigenvalue weighted by Gasteiger charge is 2.15. The van der Waals surface area contributed by atoms with Gasteiger partial charge in [-0.2, -0.15) is 0 Å². The number of ether oxygens (including phenoxy) is 2. The number of ketones is 1. The van der Waals surface area contributed by atoms with E-state index in [0.717, 1.165) is 25.0 Å². The van der Waals surface area contributed by atoms with E-state index < -0.39 is 0 Å². The van der Waals surface area contributed by atoms with E-state index in [4.69, 9.17) is 9.47 Å². The second-order valence-corrected chi connectivity index (χ2v) is 5.18. The molecule has 1 aromatic carbocycles. The van der Waals surface area contributed by atoms with Crippen molar-refractivity contribution < 1.29 is 14.3 Å². The summed E-state index contributed by atoms with van der Waals surface area (Å²) < 4.78 is 11.3. The minimum Gasteiger partial charge on any atom is -0.493 e. The van der Waals surface area contributed by atoms with Crippen molar-refractivity contribution in [2.45, 2.75) is 45.6 Å². The van der Waals surface area contributed by atoms with Crippen LogP contribution in [0.3, 0.4) is 0 Å². The third kappa shape index (κ3) is 4.06. The molecule has 0 spiro atoms. The van der Waals surface area contributed by atoms with Crippen LogP contribution in [0.1, 0.15) is 48.5 Å². The summed E-state index contributed by atoms with van der Waals surface area (Å²) in [5.41, 5.74) is 1.78. The van der Waals surface area contributed by atoms with E-state index in [9.17, 15) is 4.79 Å². The Morgan fingerprint density at radius 1 is 1.47 bits per heavy atom. The molecule has 2 rings (SSSR count). The van der Waals surface area contributed by atoms with Crippen LogP contribution in [-0.4, -0.2) is 25.1 Å². The van der Waals surface area contributed by atoms with Crippen molar-refractivity contribution in [2.75, 3.05) is 13.2 Å². The van der Waals surface area contributed by atoms with Gasteiger partial charge in [-0.15, -0.1) is 0 Å². The second kappa shape index (κ2) is 6.71. The lowest BCUT2D eigenvalue weighted by Crippen LogP contribution is -2.09.